The number of carbonyl (C=O) groups is 1. The molecule has 1 saturated heterocycles. The maximum Gasteiger partial charge on any atom is 0.456 e. The molecule has 3 N–H and O–H groups in total. The summed E-state index contributed by atoms with van der Waals surface area (Å²) in [6, 6.07) is 13.8. The number of fused-ring (bicyclic) bond motifs is 4. The van der Waals surface area contributed by atoms with Crippen LogP contribution in [-0.2, 0) is 9.47 Å². The summed E-state index contributed by atoms with van der Waals surface area (Å²) in [5, 5.41) is 33.3. The van der Waals surface area contributed by atoms with Gasteiger partial charge >= 0.3 is 18.1 Å². The summed E-state index contributed by atoms with van der Waals surface area (Å²) < 4.78 is 85.4. The first kappa shape index (κ1) is 36.2. The molecular weight excluding hydrogens is 671 g/mol. The van der Waals surface area contributed by atoms with Crippen molar-refractivity contribution in [3.8, 4) is 0 Å². The summed E-state index contributed by atoms with van der Waals surface area (Å²) in [5.41, 5.74) is -2.55. The molecule has 0 radical (unpaired) electrons. The minimum absolute atomic E-state index is 0.0172. The lowest BCUT2D eigenvalue weighted by Crippen LogP contribution is -2.65. The Morgan fingerprint density at radius 2 is 1.55 bits per heavy atom. The molecule has 2 aromatic rings. The van der Waals surface area contributed by atoms with E-state index in [1.165, 1.54) is 13.0 Å². The van der Waals surface area contributed by atoms with Crippen LogP contribution >= 0.6 is 0 Å². The van der Waals surface area contributed by atoms with Gasteiger partial charge in [-0.1, -0.05) is 74.9 Å². The SMILES string of the molecule is CC1(C)COC2(CCC3=C4C(CC[C@@]3(O)C2)C2CCC(O)(C(F)(F)C(F)(F)F)[C@@]2(C)C[C@@H]4c2ccc(/C=C/c3cccc(C(=O)O)c3)cc2)OC1. The number of alkyl halides is 5. The third kappa shape index (κ3) is 5.77. The Morgan fingerprint density at radius 3 is 2.20 bits per heavy atom. The zero-order valence-electron chi connectivity index (χ0n) is 29.0. The van der Waals surface area contributed by atoms with Gasteiger partial charge < -0.3 is 24.8 Å². The number of hydrogen-bond acceptors (Lipinski definition) is 5. The van der Waals surface area contributed by atoms with E-state index in [0.717, 1.165) is 16.7 Å². The number of aliphatic hydroxyl groups is 2. The van der Waals surface area contributed by atoms with E-state index in [0.29, 0.717) is 43.6 Å². The second-order valence-electron chi connectivity index (χ2n) is 16.6. The Balaban J connectivity index is 1.28. The van der Waals surface area contributed by atoms with Crippen molar-refractivity contribution in [1.29, 1.82) is 0 Å². The van der Waals surface area contributed by atoms with E-state index >= 15 is 8.78 Å². The lowest BCUT2D eigenvalue weighted by atomic mass is 9.49. The topological polar surface area (TPSA) is 96.2 Å². The van der Waals surface area contributed by atoms with Crippen LogP contribution in [0.3, 0.4) is 0 Å². The van der Waals surface area contributed by atoms with Gasteiger partial charge in [-0.2, -0.15) is 22.0 Å². The van der Waals surface area contributed by atoms with E-state index in [-0.39, 0.29) is 36.7 Å². The van der Waals surface area contributed by atoms with E-state index in [1.807, 2.05) is 38.1 Å². The van der Waals surface area contributed by atoms with Crippen molar-refractivity contribution < 1.29 is 51.5 Å². The second kappa shape index (κ2) is 11.9. The highest BCUT2D eigenvalue weighted by atomic mass is 19.4. The first-order valence-corrected chi connectivity index (χ1v) is 17.8. The van der Waals surface area contributed by atoms with Crippen LogP contribution in [0, 0.1) is 22.7 Å². The molecule has 3 saturated carbocycles. The highest BCUT2D eigenvalue weighted by molar-refractivity contribution is 5.88. The van der Waals surface area contributed by atoms with Crippen LogP contribution in [0.15, 0.2) is 59.7 Å². The summed E-state index contributed by atoms with van der Waals surface area (Å²) >= 11 is 0. The number of aromatic carboxylic acids is 1. The molecule has 3 unspecified atom stereocenters. The van der Waals surface area contributed by atoms with E-state index in [2.05, 4.69) is 0 Å². The number of carboxylic acid groups (broad SMARTS) is 1. The van der Waals surface area contributed by atoms with Crippen LogP contribution in [0.2, 0.25) is 0 Å². The number of ether oxygens (including phenoxy) is 2. The molecule has 0 bridgehead atoms. The molecular formula is C40H45F5O6. The molecule has 4 fully saturated rings. The molecule has 6 atom stereocenters. The predicted octanol–water partition coefficient (Wildman–Crippen LogP) is 8.78. The maximum absolute atomic E-state index is 15.4. The zero-order chi connectivity index (χ0) is 36.8. The van der Waals surface area contributed by atoms with E-state index < -0.39 is 64.6 Å². The van der Waals surface area contributed by atoms with Crippen molar-refractivity contribution in [3.05, 3.63) is 81.9 Å². The highest BCUT2D eigenvalue weighted by Crippen LogP contribution is 2.71. The lowest BCUT2D eigenvalue weighted by molar-refractivity contribution is -0.362. The minimum atomic E-state index is -5.93. The van der Waals surface area contributed by atoms with Crippen LogP contribution in [0.5, 0.6) is 0 Å². The van der Waals surface area contributed by atoms with Gasteiger partial charge in [-0.25, -0.2) is 4.79 Å². The van der Waals surface area contributed by atoms with Crippen molar-refractivity contribution in [2.24, 2.45) is 22.7 Å². The normalized spacial score (nSPS) is 34.7. The smallest absolute Gasteiger partial charge is 0.456 e. The van der Waals surface area contributed by atoms with Gasteiger partial charge in [0, 0.05) is 29.6 Å². The molecule has 1 aliphatic heterocycles. The van der Waals surface area contributed by atoms with Gasteiger partial charge in [0.2, 0.25) is 0 Å². The van der Waals surface area contributed by atoms with Gasteiger partial charge in [-0.15, -0.1) is 0 Å². The maximum atomic E-state index is 15.4. The van der Waals surface area contributed by atoms with Gasteiger partial charge in [0.15, 0.2) is 5.79 Å². The minimum Gasteiger partial charge on any atom is -0.478 e. The quantitative estimate of drug-likeness (QED) is 0.163. The lowest BCUT2D eigenvalue weighted by Gasteiger charge is -2.59. The number of rotatable bonds is 5. The molecule has 6 nitrogen and oxygen atoms in total. The molecule has 7 rings (SSSR count). The van der Waals surface area contributed by atoms with Gasteiger partial charge in [0.05, 0.1) is 24.4 Å². The largest absolute Gasteiger partial charge is 0.478 e. The number of carboxylic acids is 1. The summed E-state index contributed by atoms with van der Waals surface area (Å²) in [6.45, 7) is 6.44. The van der Waals surface area contributed by atoms with Crippen LogP contribution in [0.1, 0.15) is 105 Å². The Kier molecular flexibility index (Phi) is 8.49. The van der Waals surface area contributed by atoms with Crippen LogP contribution < -0.4 is 0 Å². The molecule has 5 aliphatic rings. The Hall–Kier alpha value is -3.12. The standard InChI is InChI=1S/C40H45F5O6/c1-34(2)22-50-37(51-23-34)17-14-31-32-28(13-16-36(31,48)21-37)30-15-18-38(49,39(41,42)40(43,44)45)35(30,3)20-29(32)26-11-9-24(10-12-26)7-8-25-5-4-6-27(19-25)33(46)47/h4-12,19,28-30,48-49H,13-18,20-23H2,1-3H3,(H,46,47)/b8-7+/t28?,29-,30?,35+,36-,38?/m1/s1. The van der Waals surface area contributed by atoms with E-state index in [1.54, 1.807) is 30.4 Å². The average molecular weight is 717 g/mol. The monoisotopic (exact) mass is 716 g/mol. The van der Waals surface area contributed by atoms with Crippen molar-refractivity contribution >= 4 is 18.1 Å². The highest BCUT2D eigenvalue weighted by Gasteiger charge is 2.79. The molecule has 51 heavy (non-hydrogen) atoms. The summed E-state index contributed by atoms with van der Waals surface area (Å²) in [4.78, 5) is 11.4. The summed E-state index contributed by atoms with van der Waals surface area (Å²) in [5.74, 6) is -8.98. The molecule has 11 heteroatoms. The fourth-order valence-electron chi connectivity index (χ4n) is 10.1. The molecule has 1 heterocycles. The average Bonchev–Trinajstić information content (AvgIpc) is 3.35. The van der Waals surface area contributed by atoms with Crippen molar-refractivity contribution in [3.63, 3.8) is 0 Å². The first-order valence-electron chi connectivity index (χ1n) is 17.8. The Morgan fingerprint density at radius 1 is 0.882 bits per heavy atom. The fraction of sp³-hybridized carbons (Fsp3) is 0.575. The van der Waals surface area contributed by atoms with E-state index in [9.17, 15) is 33.3 Å². The third-order valence-corrected chi connectivity index (χ3v) is 12.8. The van der Waals surface area contributed by atoms with Crippen LogP contribution in [0.4, 0.5) is 22.0 Å². The van der Waals surface area contributed by atoms with Crippen molar-refractivity contribution in [2.45, 2.75) is 107 Å². The van der Waals surface area contributed by atoms with Crippen LogP contribution in [0.25, 0.3) is 12.2 Å². The number of halogens is 5. The van der Waals surface area contributed by atoms with Gasteiger partial charge in [-0.05, 0) is 84.8 Å². The van der Waals surface area contributed by atoms with Crippen molar-refractivity contribution in [2.75, 3.05) is 13.2 Å². The van der Waals surface area contributed by atoms with Gasteiger partial charge in [0.1, 0.15) is 5.60 Å². The number of hydrogen-bond donors (Lipinski definition) is 3. The summed E-state index contributed by atoms with van der Waals surface area (Å²) in [6.07, 6.45) is -1.38. The Labute approximate surface area is 294 Å². The Bertz CT molecular complexity index is 1750. The van der Waals surface area contributed by atoms with E-state index in [4.69, 9.17) is 9.47 Å². The first-order chi connectivity index (χ1) is 23.7. The molecule has 2 aromatic carbocycles. The molecule has 4 aliphatic carbocycles. The number of benzene rings is 2. The fourth-order valence-corrected chi connectivity index (χ4v) is 10.1. The van der Waals surface area contributed by atoms with Gasteiger partial charge in [0.25, 0.3) is 0 Å². The third-order valence-electron chi connectivity index (χ3n) is 12.8. The molecule has 0 amide bonds. The molecule has 1 spiro atoms. The zero-order valence-corrected chi connectivity index (χ0v) is 29.0. The summed E-state index contributed by atoms with van der Waals surface area (Å²) in [7, 11) is 0. The van der Waals surface area contributed by atoms with Gasteiger partial charge in [-0.3, -0.25) is 0 Å². The van der Waals surface area contributed by atoms with Crippen molar-refractivity contribution in [1.82, 2.24) is 0 Å². The predicted molar refractivity (Wildman–Crippen MR) is 180 cm³/mol. The molecule has 276 valence electrons. The van der Waals surface area contributed by atoms with Crippen LogP contribution in [-0.4, -0.2) is 63.6 Å². The molecule has 0 aromatic heterocycles. The second-order valence-corrected chi connectivity index (χ2v) is 16.6. The number of allylic oxidation sites excluding steroid dienone is 1.